The van der Waals surface area contributed by atoms with Gasteiger partial charge in [-0.2, -0.15) is 0 Å². The normalized spacial score (nSPS) is 29.7. The van der Waals surface area contributed by atoms with Crippen LogP contribution in [0.2, 0.25) is 0 Å². The summed E-state index contributed by atoms with van der Waals surface area (Å²) in [6, 6.07) is 5.95. The molecule has 3 heterocycles. The third-order valence-corrected chi connectivity index (χ3v) is 7.63. The predicted octanol–water partition coefficient (Wildman–Crippen LogP) is 2.45. The maximum Gasteiger partial charge on any atom is 0.228 e. The number of nitrogens with one attached hydrogen (secondary N) is 1. The lowest BCUT2D eigenvalue weighted by Crippen LogP contribution is -2.49. The first kappa shape index (κ1) is 18.9. The molecular formula is C23H32N4O2. The molecule has 1 aromatic rings. The highest BCUT2D eigenvalue weighted by atomic mass is 16.2. The Bertz CT molecular complexity index is 761. The van der Waals surface area contributed by atoms with Gasteiger partial charge in [0.15, 0.2) is 0 Å². The van der Waals surface area contributed by atoms with Crippen molar-refractivity contribution in [3.8, 4) is 0 Å². The van der Waals surface area contributed by atoms with Gasteiger partial charge in [0, 0.05) is 50.8 Å². The number of pyridine rings is 1. The summed E-state index contributed by atoms with van der Waals surface area (Å²) in [7, 11) is 0. The van der Waals surface area contributed by atoms with Crippen molar-refractivity contribution < 1.29 is 9.59 Å². The van der Waals surface area contributed by atoms with Crippen molar-refractivity contribution in [3.63, 3.8) is 0 Å². The van der Waals surface area contributed by atoms with E-state index in [1.807, 2.05) is 24.4 Å². The van der Waals surface area contributed by atoms with Gasteiger partial charge >= 0.3 is 0 Å². The van der Waals surface area contributed by atoms with E-state index in [0.717, 1.165) is 51.1 Å². The van der Waals surface area contributed by atoms with Crippen LogP contribution in [0.4, 0.5) is 5.82 Å². The largest absolute Gasteiger partial charge is 0.355 e. The molecule has 0 aromatic carbocycles. The Labute approximate surface area is 173 Å². The van der Waals surface area contributed by atoms with Gasteiger partial charge < -0.3 is 15.1 Å². The van der Waals surface area contributed by atoms with Gasteiger partial charge in [-0.15, -0.1) is 0 Å². The van der Waals surface area contributed by atoms with Crippen molar-refractivity contribution in [2.45, 2.75) is 44.9 Å². The Morgan fingerprint density at radius 1 is 1.14 bits per heavy atom. The summed E-state index contributed by atoms with van der Waals surface area (Å²) in [5.41, 5.74) is -0.416. The molecule has 6 nitrogen and oxygen atoms in total. The molecule has 0 unspecified atom stereocenters. The zero-order chi connectivity index (χ0) is 19.8. The summed E-state index contributed by atoms with van der Waals surface area (Å²) in [5.74, 6) is 2.51. The van der Waals surface area contributed by atoms with Crippen LogP contribution in [0.1, 0.15) is 44.9 Å². The van der Waals surface area contributed by atoms with Gasteiger partial charge in [-0.05, 0) is 56.6 Å². The van der Waals surface area contributed by atoms with E-state index in [9.17, 15) is 9.59 Å². The first-order valence-electron chi connectivity index (χ1n) is 11.4. The van der Waals surface area contributed by atoms with E-state index in [1.54, 1.807) is 0 Å². The van der Waals surface area contributed by atoms with Crippen molar-refractivity contribution >= 4 is 17.6 Å². The lowest BCUT2D eigenvalue weighted by molar-refractivity contribution is -0.140. The number of nitrogens with zero attached hydrogens (tertiary/aromatic N) is 3. The van der Waals surface area contributed by atoms with Gasteiger partial charge in [-0.1, -0.05) is 12.5 Å². The number of likely N-dealkylation sites (tertiary alicyclic amines) is 1. The predicted molar refractivity (Wildman–Crippen MR) is 111 cm³/mol. The summed E-state index contributed by atoms with van der Waals surface area (Å²) in [6.45, 7) is 3.81. The van der Waals surface area contributed by atoms with Gasteiger partial charge in [0.1, 0.15) is 5.82 Å². The Morgan fingerprint density at radius 2 is 2.00 bits per heavy atom. The summed E-state index contributed by atoms with van der Waals surface area (Å²) in [5, 5.41) is 3.28. The molecule has 4 fully saturated rings. The monoisotopic (exact) mass is 396 g/mol. The Kier molecular flexibility index (Phi) is 4.96. The molecule has 4 aliphatic rings. The van der Waals surface area contributed by atoms with Gasteiger partial charge in [0.25, 0.3) is 0 Å². The van der Waals surface area contributed by atoms with Crippen molar-refractivity contribution in [2.24, 2.45) is 23.2 Å². The van der Waals surface area contributed by atoms with Gasteiger partial charge in [-0.25, -0.2) is 4.98 Å². The van der Waals surface area contributed by atoms with Crippen LogP contribution in [0.25, 0.3) is 0 Å². The van der Waals surface area contributed by atoms with Crippen molar-refractivity contribution in [1.29, 1.82) is 0 Å². The molecule has 2 amide bonds. The van der Waals surface area contributed by atoms with Crippen LogP contribution >= 0.6 is 0 Å². The van der Waals surface area contributed by atoms with E-state index in [2.05, 4.69) is 20.1 Å². The lowest BCUT2D eigenvalue weighted by atomic mass is 9.74. The van der Waals surface area contributed by atoms with E-state index >= 15 is 0 Å². The lowest BCUT2D eigenvalue weighted by Gasteiger charge is -2.34. The fourth-order valence-electron chi connectivity index (χ4n) is 5.37. The fraction of sp³-hybridized carbons (Fsp3) is 0.696. The summed E-state index contributed by atoms with van der Waals surface area (Å²) < 4.78 is 0. The minimum Gasteiger partial charge on any atom is -0.355 e. The van der Waals surface area contributed by atoms with Crippen LogP contribution in [0.3, 0.4) is 0 Å². The molecule has 0 spiro atoms. The molecule has 2 saturated heterocycles. The fourth-order valence-corrected chi connectivity index (χ4v) is 5.37. The van der Waals surface area contributed by atoms with Crippen molar-refractivity contribution in [1.82, 2.24) is 15.2 Å². The van der Waals surface area contributed by atoms with Gasteiger partial charge in [0.2, 0.25) is 11.8 Å². The highest BCUT2D eigenvalue weighted by Crippen LogP contribution is 2.45. The molecule has 2 aliphatic carbocycles. The number of hydrogen-bond donors (Lipinski definition) is 1. The number of amides is 2. The average Bonchev–Trinajstić information content (AvgIpc) is 3.48. The number of anilines is 1. The molecule has 6 heteroatoms. The number of aromatic nitrogens is 1. The van der Waals surface area contributed by atoms with Gasteiger partial charge in [0.05, 0.1) is 5.41 Å². The number of fused-ring (bicyclic) bond motifs is 1. The maximum absolute atomic E-state index is 13.5. The quantitative estimate of drug-likeness (QED) is 0.830. The third kappa shape index (κ3) is 3.62. The zero-order valence-electron chi connectivity index (χ0n) is 17.2. The van der Waals surface area contributed by atoms with Crippen LogP contribution in [-0.2, 0) is 9.59 Å². The first-order valence-corrected chi connectivity index (χ1v) is 11.4. The molecule has 1 N–H and O–H groups in total. The second kappa shape index (κ2) is 7.62. The van der Waals surface area contributed by atoms with Crippen LogP contribution in [0, 0.1) is 23.2 Å². The van der Waals surface area contributed by atoms with Crippen LogP contribution < -0.4 is 10.2 Å². The second-order valence-electron chi connectivity index (χ2n) is 9.59. The average molecular weight is 397 g/mol. The molecule has 2 aliphatic heterocycles. The SMILES string of the molecule is O=C(C1CCC1)N1CCC[C@]2(C(=O)NCC3CC3)CN(c3ccccn3)C[C@@H]2C1. The zero-order valence-corrected chi connectivity index (χ0v) is 17.2. The van der Waals surface area contributed by atoms with Crippen LogP contribution in [-0.4, -0.2) is 54.4 Å². The standard InChI is InChI=1S/C23H32N4O2/c28-21(18-5-3-6-18)26-12-4-10-23(22(29)25-13-17-8-9-17)16-27(15-19(23)14-26)20-7-1-2-11-24-20/h1-2,7,11,17-19H,3-6,8-10,12-16H2,(H,25,29)/t19-,23-/m0/s1. The third-order valence-electron chi connectivity index (χ3n) is 7.63. The van der Waals surface area contributed by atoms with Crippen LogP contribution in [0.15, 0.2) is 24.4 Å². The molecule has 2 atom stereocenters. The highest BCUT2D eigenvalue weighted by molar-refractivity contribution is 5.85. The Hall–Kier alpha value is -2.11. The number of rotatable bonds is 5. The van der Waals surface area contributed by atoms with E-state index in [0.29, 0.717) is 24.9 Å². The molecule has 156 valence electrons. The first-order chi connectivity index (χ1) is 14.2. The molecule has 0 radical (unpaired) electrons. The summed E-state index contributed by atoms with van der Waals surface area (Å²) in [6.07, 6.45) is 9.29. The van der Waals surface area contributed by atoms with Gasteiger partial charge in [-0.3, -0.25) is 9.59 Å². The molecule has 2 saturated carbocycles. The number of carbonyl (C=O) groups excluding carboxylic acids is 2. The van der Waals surface area contributed by atoms with Crippen molar-refractivity contribution in [2.75, 3.05) is 37.6 Å². The molecule has 0 bridgehead atoms. The van der Waals surface area contributed by atoms with E-state index in [4.69, 9.17) is 0 Å². The summed E-state index contributed by atoms with van der Waals surface area (Å²) in [4.78, 5) is 35.3. The van der Waals surface area contributed by atoms with E-state index in [-0.39, 0.29) is 17.7 Å². The van der Waals surface area contributed by atoms with Crippen molar-refractivity contribution in [3.05, 3.63) is 24.4 Å². The Balaban J connectivity index is 1.38. The molecule has 29 heavy (non-hydrogen) atoms. The van der Waals surface area contributed by atoms with E-state index < -0.39 is 5.41 Å². The molecular weight excluding hydrogens is 364 g/mol. The number of hydrogen-bond acceptors (Lipinski definition) is 4. The van der Waals surface area contributed by atoms with Crippen LogP contribution in [0.5, 0.6) is 0 Å². The Morgan fingerprint density at radius 3 is 2.69 bits per heavy atom. The second-order valence-corrected chi connectivity index (χ2v) is 9.59. The minimum atomic E-state index is -0.416. The smallest absolute Gasteiger partial charge is 0.228 e. The maximum atomic E-state index is 13.5. The summed E-state index contributed by atoms with van der Waals surface area (Å²) >= 11 is 0. The topological polar surface area (TPSA) is 65.5 Å². The highest BCUT2D eigenvalue weighted by Gasteiger charge is 2.54. The number of carbonyl (C=O) groups is 2. The van der Waals surface area contributed by atoms with E-state index in [1.165, 1.54) is 19.3 Å². The molecule has 1 aromatic heterocycles. The minimum absolute atomic E-state index is 0.162. The molecule has 5 rings (SSSR count).